The van der Waals surface area contributed by atoms with E-state index in [1.165, 1.54) is 0 Å². The van der Waals surface area contributed by atoms with Crippen molar-refractivity contribution in [1.29, 1.82) is 0 Å². The monoisotopic (exact) mass is 170 g/mol. The molecule has 0 fully saturated rings. The highest BCUT2D eigenvalue weighted by Gasteiger charge is 1.84. The number of aliphatic hydroxyl groups excluding tert-OH is 1. The van der Waals surface area contributed by atoms with Crippen LogP contribution in [0, 0.1) is 0 Å². The molecule has 0 amide bonds. The highest BCUT2D eigenvalue weighted by atomic mass is 35.5. The van der Waals surface area contributed by atoms with E-state index < -0.39 is 0 Å². The summed E-state index contributed by atoms with van der Waals surface area (Å²) in [6, 6.07) is 7.54. The van der Waals surface area contributed by atoms with Gasteiger partial charge in [0.1, 0.15) is 0 Å². The molecule has 2 heteroatoms. The van der Waals surface area contributed by atoms with E-state index in [0.717, 1.165) is 17.7 Å². The van der Waals surface area contributed by atoms with Gasteiger partial charge in [-0.25, -0.2) is 0 Å². The zero-order chi connectivity index (χ0) is 8.69. The third-order valence-electron chi connectivity index (χ3n) is 1.11. The lowest BCUT2D eigenvalue weighted by atomic mass is 10.2. The Morgan fingerprint density at radius 2 is 1.73 bits per heavy atom. The van der Waals surface area contributed by atoms with E-state index in [4.69, 9.17) is 16.7 Å². The number of benzene rings is 1. The molecule has 0 radical (unpaired) electrons. The van der Waals surface area contributed by atoms with Gasteiger partial charge in [0.25, 0.3) is 0 Å². The fraction of sp³-hybridized carbons (Fsp3) is 0.111. The van der Waals surface area contributed by atoms with Gasteiger partial charge in [-0.2, -0.15) is 0 Å². The molecule has 11 heavy (non-hydrogen) atoms. The van der Waals surface area contributed by atoms with Crippen LogP contribution in [-0.2, 0) is 0 Å². The zero-order valence-corrected chi connectivity index (χ0v) is 7.17. The molecule has 1 aromatic carbocycles. The third-order valence-corrected chi connectivity index (χ3v) is 1.36. The predicted molar refractivity (Wildman–Crippen MR) is 49.7 cm³/mol. The summed E-state index contributed by atoms with van der Waals surface area (Å²) < 4.78 is 0. The van der Waals surface area contributed by atoms with Crippen molar-refractivity contribution in [2.75, 3.05) is 7.11 Å². The van der Waals surface area contributed by atoms with E-state index in [-0.39, 0.29) is 0 Å². The van der Waals surface area contributed by atoms with Gasteiger partial charge < -0.3 is 5.11 Å². The van der Waals surface area contributed by atoms with Crippen LogP contribution in [0.5, 0.6) is 0 Å². The van der Waals surface area contributed by atoms with Gasteiger partial charge in [0.2, 0.25) is 0 Å². The Morgan fingerprint density at radius 3 is 2.09 bits per heavy atom. The molecule has 0 bridgehead atoms. The van der Waals surface area contributed by atoms with Crippen molar-refractivity contribution in [2.24, 2.45) is 0 Å². The van der Waals surface area contributed by atoms with Gasteiger partial charge >= 0.3 is 0 Å². The van der Waals surface area contributed by atoms with Crippen LogP contribution in [0.4, 0.5) is 0 Å². The molecule has 60 valence electrons. The smallest absolute Gasteiger partial charge is 0.0406 e. The van der Waals surface area contributed by atoms with E-state index in [1.54, 1.807) is 6.08 Å². The first kappa shape index (κ1) is 10.2. The van der Waals surface area contributed by atoms with Gasteiger partial charge in [-0.05, 0) is 17.7 Å². The summed E-state index contributed by atoms with van der Waals surface area (Å²) in [7, 11) is 1.00. The maximum atomic E-state index is 7.00. The van der Waals surface area contributed by atoms with Crippen LogP contribution in [0.3, 0.4) is 0 Å². The van der Waals surface area contributed by atoms with Crippen molar-refractivity contribution in [2.45, 2.75) is 0 Å². The number of rotatable bonds is 1. The normalized spacial score (nSPS) is 7.91. The van der Waals surface area contributed by atoms with Gasteiger partial charge in [0.05, 0.1) is 0 Å². The van der Waals surface area contributed by atoms with Gasteiger partial charge in [0, 0.05) is 12.1 Å². The predicted octanol–water partition coefficient (Wildman–Crippen LogP) is 2.59. The SMILES string of the molecule is C=Cc1ccc(Cl)cc1.CO. The molecule has 1 nitrogen and oxygen atoms in total. The molecule has 1 N–H and O–H groups in total. The second-order valence-electron chi connectivity index (χ2n) is 1.76. The molecular weight excluding hydrogens is 160 g/mol. The van der Waals surface area contributed by atoms with Crippen LogP contribution < -0.4 is 0 Å². The minimum absolute atomic E-state index is 0.764. The topological polar surface area (TPSA) is 20.2 Å². The van der Waals surface area contributed by atoms with Crippen molar-refractivity contribution in [1.82, 2.24) is 0 Å². The Labute approximate surface area is 71.9 Å². The number of aliphatic hydroxyl groups is 1. The van der Waals surface area contributed by atoms with E-state index in [1.807, 2.05) is 24.3 Å². The highest BCUT2D eigenvalue weighted by molar-refractivity contribution is 6.30. The molecule has 0 aliphatic rings. The van der Waals surface area contributed by atoms with E-state index in [2.05, 4.69) is 6.58 Å². The average molecular weight is 171 g/mol. The minimum Gasteiger partial charge on any atom is -0.400 e. The number of hydrogen-bond acceptors (Lipinski definition) is 1. The summed E-state index contributed by atoms with van der Waals surface area (Å²) in [5.74, 6) is 0. The zero-order valence-electron chi connectivity index (χ0n) is 6.42. The molecule has 0 spiro atoms. The Bertz CT molecular complexity index is 203. The molecule has 0 saturated carbocycles. The quantitative estimate of drug-likeness (QED) is 0.687. The molecule has 0 saturated heterocycles. The van der Waals surface area contributed by atoms with Crippen molar-refractivity contribution < 1.29 is 5.11 Å². The third kappa shape index (κ3) is 3.81. The fourth-order valence-corrected chi connectivity index (χ4v) is 0.725. The van der Waals surface area contributed by atoms with E-state index >= 15 is 0 Å². The average Bonchev–Trinajstić information content (AvgIpc) is 2.10. The standard InChI is InChI=1S/C8H7Cl.CH4O/c1-2-7-3-5-8(9)6-4-7;1-2/h2-6H,1H2;2H,1H3. The second-order valence-corrected chi connectivity index (χ2v) is 2.19. The first-order valence-electron chi connectivity index (χ1n) is 3.15. The number of hydrogen-bond donors (Lipinski definition) is 1. The van der Waals surface area contributed by atoms with Crippen LogP contribution in [0.2, 0.25) is 5.02 Å². The lowest BCUT2D eigenvalue weighted by molar-refractivity contribution is 0.399. The van der Waals surface area contributed by atoms with Crippen LogP contribution in [-0.4, -0.2) is 12.2 Å². The molecular formula is C9H11ClO. The lowest BCUT2D eigenvalue weighted by Crippen LogP contribution is -1.67. The van der Waals surface area contributed by atoms with Crippen molar-refractivity contribution in [3.8, 4) is 0 Å². The molecule has 0 unspecified atom stereocenters. The summed E-state index contributed by atoms with van der Waals surface area (Å²) in [4.78, 5) is 0. The van der Waals surface area contributed by atoms with Crippen LogP contribution in [0.15, 0.2) is 30.8 Å². The summed E-state index contributed by atoms with van der Waals surface area (Å²) >= 11 is 5.63. The molecule has 0 aliphatic carbocycles. The van der Waals surface area contributed by atoms with Crippen LogP contribution in [0.25, 0.3) is 6.08 Å². The van der Waals surface area contributed by atoms with Crippen molar-refractivity contribution in [3.63, 3.8) is 0 Å². The summed E-state index contributed by atoms with van der Waals surface area (Å²) in [6.07, 6.45) is 1.79. The highest BCUT2D eigenvalue weighted by Crippen LogP contribution is 2.09. The maximum absolute atomic E-state index is 7.00. The first-order chi connectivity index (χ1) is 5.33. The molecule has 0 aromatic heterocycles. The van der Waals surface area contributed by atoms with E-state index in [0.29, 0.717) is 0 Å². The first-order valence-corrected chi connectivity index (χ1v) is 3.53. The van der Waals surface area contributed by atoms with Gasteiger partial charge in [0.15, 0.2) is 0 Å². The van der Waals surface area contributed by atoms with Crippen LogP contribution >= 0.6 is 11.6 Å². The molecule has 0 heterocycles. The van der Waals surface area contributed by atoms with E-state index in [9.17, 15) is 0 Å². The molecule has 1 rings (SSSR count). The summed E-state index contributed by atoms with van der Waals surface area (Å²) in [6.45, 7) is 3.62. The number of halogens is 1. The molecule has 0 aliphatic heterocycles. The van der Waals surface area contributed by atoms with Crippen molar-refractivity contribution in [3.05, 3.63) is 41.4 Å². The lowest BCUT2D eigenvalue weighted by Gasteiger charge is -1.89. The Morgan fingerprint density at radius 1 is 1.27 bits per heavy atom. The minimum atomic E-state index is 0.764. The van der Waals surface area contributed by atoms with Gasteiger partial charge in [-0.3, -0.25) is 0 Å². The van der Waals surface area contributed by atoms with Crippen molar-refractivity contribution >= 4 is 17.7 Å². The van der Waals surface area contributed by atoms with Gasteiger partial charge in [-0.15, -0.1) is 0 Å². The second kappa shape index (κ2) is 5.96. The van der Waals surface area contributed by atoms with Crippen LogP contribution in [0.1, 0.15) is 5.56 Å². The van der Waals surface area contributed by atoms with Gasteiger partial charge in [-0.1, -0.05) is 36.4 Å². The Kier molecular flexibility index (Phi) is 5.53. The molecule has 0 atom stereocenters. The Hall–Kier alpha value is -0.790. The largest absolute Gasteiger partial charge is 0.400 e. The fourth-order valence-electron chi connectivity index (χ4n) is 0.599. The Balaban J connectivity index is 0.000000461. The maximum Gasteiger partial charge on any atom is 0.0406 e. The molecule has 1 aromatic rings. The summed E-state index contributed by atoms with van der Waals surface area (Å²) in [5.41, 5.74) is 1.10. The summed E-state index contributed by atoms with van der Waals surface area (Å²) in [5, 5.41) is 7.76.